The van der Waals surface area contributed by atoms with Crippen molar-refractivity contribution in [2.75, 3.05) is 0 Å². The molecule has 100 valence electrons. The fraction of sp³-hybridized carbons (Fsp3) is 0.235. The zero-order valence-corrected chi connectivity index (χ0v) is 11.1. The van der Waals surface area contributed by atoms with Gasteiger partial charge in [0.25, 0.3) is 0 Å². The van der Waals surface area contributed by atoms with Crippen molar-refractivity contribution in [2.24, 2.45) is 5.92 Å². The highest BCUT2D eigenvalue weighted by Crippen LogP contribution is 2.27. The van der Waals surface area contributed by atoms with Crippen LogP contribution in [0, 0.1) is 5.92 Å². The second-order valence-electron chi connectivity index (χ2n) is 5.07. The highest BCUT2D eigenvalue weighted by molar-refractivity contribution is 6.16. The number of aromatic nitrogens is 1. The maximum atomic E-state index is 12.6. The molecule has 0 radical (unpaired) electrons. The summed E-state index contributed by atoms with van der Waals surface area (Å²) >= 11 is 0. The van der Waals surface area contributed by atoms with E-state index in [-0.39, 0.29) is 11.6 Å². The molecule has 1 aromatic carbocycles. The van der Waals surface area contributed by atoms with Gasteiger partial charge in [0.2, 0.25) is 0 Å². The summed E-state index contributed by atoms with van der Waals surface area (Å²) in [6, 6.07) is 11.0. The van der Waals surface area contributed by atoms with E-state index in [9.17, 15) is 9.59 Å². The number of hydrogen-bond donors (Lipinski definition) is 0. The maximum absolute atomic E-state index is 12.6. The number of ketones is 2. The lowest BCUT2D eigenvalue weighted by Crippen LogP contribution is -2.23. The standard InChI is InChI=1S/C17H15NO2/c19-16(13-8-10-18-11-9-13)15-7-3-5-12-4-1-2-6-14(12)17(15)20/h1-2,4,6,8-11,15H,3,5,7H2. The normalized spacial score (nSPS) is 18.2. The van der Waals surface area contributed by atoms with Crippen molar-refractivity contribution in [2.45, 2.75) is 19.3 Å². The predicted molar refractivity (Wildman–Crippen MR) is 75.8 cm³/mol. The van der Waals surface area contributed by atoms with Gasteiger partial charge in [-0.3, -0.25) is 14.6 Å². The van der Waals surface area contributed by atoms with Gasteiger partial charge >= 0.3 is 0 Å². The number of carbonyl (C=O) groups excluding carboxylic acids is 2. The van der Waals surface area contributed by atoms with Crippen LogP contribution in [0.5, 0.6) is 0 Å². The van der Waals surface area contributed by atoms with Crippen LogP contribution < -0.4 is 0 Å². The summed E-state index contributed by atoms with van der Waals surface area (Å²) in [7, 11) is 0. The molecule has 0 fully saturated rings. The molecule has 3 rings (SSSR count). The van der Waals surface area contributed by atoms with E-state index < -0.39 is 5.92 Å². The van der Waals surface area contributed by atoms with Gasteiger partial charge in [-0.25, -0.2) is 0 Å². The molecule has 1 aliphatic carbocycles. The molecule has 0 N–H and O–H groups in total. The lowest BCUT2D eigenvalue weighted by Gasteiger charge is -2.12. The number of rotatable bonds is 2. The number of carbonyl (C=O) groups is 2. The molecular formula is C17H15NO2. The second-order valence-corrected chi connectivity index (χ2v) is 5.07. The highest BCUT2D eigenvalue weighted by atomic mass is 16.2. The Bertz CT molecular complexity index is 649. The first-order chi connectivity index (χ1) is 9.77. The second kappa shape index (κ2) is 5.37. The Morgan fingerprint density at radius 2 is 1.85 bits per heavy atom. The number of nitrogens with zero attached hydrogens (tertiary/aromatic N) is 1. The summed E-state index contributed by atoms with van der Waals surface area (Å²) in [5, 5.41) is 0. The lowest BCUT2D eigenvalue weighted by atomic mass is 9.88. The summed E-state index contributed by atoms with van der Waals surface area (Å²) in [5.74, 6) is -0.685. The van der Waals surface area contributed by atoms with Crippen LogP contribution in [0.1, 0.15) is 39.1 Å². The van der Waals surface area contributed by atoms with Gasteiger partial charge in [-0.2, -0.15) is 0 Å². The molecule has 3 nitrogen and oxygen atoms in total. The average molecular weight is 265 g/mol. The molecule has 1 heterocycles. The molecule has 0 spiro atoms. The zero-order chi connectivity index (χ0) is 13.9. The molecule has 3 heteroatoms. The van der Waals surface area contributed by atoms with Crippen molar-refractivity contribution in [1.29, 1.82) is 0 Å². The third kappa shape index (κ3) is 2.27. The van der Waals surface area contributed by atoms with Crippen molar-refractivity contribution in [3.63, 3.8) is 0 Å². The summed E-state index contributed by atoms with van der Waals surface area (Å²) in [5.41, 5.74) is 2.33. The van der Waals surface area contributed by atoms with Crippen molar-refractivity contribution in [3.05, 3.63) is 65.5 Å². The third-order valence-corrected chi connectivity index (χ3v) is 3.82. The smallest absolute Gasteiger partial charge is 0.173 e. The molecule has 0 amide bonds. The van der Waals surface area contributed by atoms with E-state index in [0.717, 1.165) is 18.4 Å². The third-order valence-electron chi connectivity index (χ3n) is 3.82. The summed E-state index contributed by atoms with van der Waals surface area (Å²) in [6.07, 6.45) is 5.52. The van der Waals surface area contributed by atoms with E-state index in [1.807, 2.05) is 24.3 Å². The highest BCUT2D eigenvalue weighted by Gasteiger charge is 2.31. The quantitative estimate of drug-likeness (QED) is 0.476. The Morgan fingerprint density at radius 1 is 1.10 bits per heavy atom. The molecule has 1 atom stereocenters. The molecule has 0 aliphatic heterocycles. The summed E-state index contributed by atoms with van der Waals surface area (Å²) in [4.78, 5) is 29.0. The van der Waals surface area contributed by atoms with Gasteiger partial charge in [-0.1, -0.05) is 24.3 Å². The zero-order valence-electron chi connectivity index (χ0n) is 11.1. The van der Waals surface area contributed by atoms with E-state index in [1.165, 1.54) is 0 Å². The van der Waals surface area contributed by atoms with Gasteiger partial charge in [-0.15, -0.1) is 0 Å². The largest absolute Gasteiger partial charge is 0.293 e. The Hall–Kier alpha value is -2.29. The monoisotopic (exact) mass is 265 g/mol. The lowest BCUT2D eigenvalue weighted by molar-refractivity contribution is 0.0801. The number of hydrogen-bond acceptors (Lipinski definition) is 3. The van der Waals surface area contributed by atoms with Crippen LogP contribution in [0.15, 0.2) is 48.8 Å². The first-order valence-electron chi connectivity index (χ1n) is 6.84. The van der Waals surface area contributed by atoms with Crippen LogP contribution in [0.4, 0.5) is 0 Å². The van der Waals surface area contributed by atoms with E-state index in [2.05, 4.69) is 4.98 Å². The van der Waals surface area contributed by atoms with Crippen molar-refractivity contribution in [3.8, 4) is 0 Å². The van der Waals surface area contributed by atoms with Crippen LogP contribution >= 0.6 is 0 Å². The van der Waals surface area contributed by atoms with Crippen LogP contribution in [-0.4, -0.2) is 16.6 Å². The maximum Gasteiger partial charge on any atom is 0.173 e. The number of pyridine rings is 1. The Balaban J connectivity index is 1.95. The van der Waals surface area contributed by atoms with E-state index >= 15 is 0 Å². The van der Waals surface area contributed by atoms with E-state index in [4.69, 9.17) is 0 Å². The van der Waals surface area contributed by atoms with Gasteiger partial charge in [0.1, 0.15) is 0 Å². The van der Waals surface area contributed by atoms with Gasteiger partial charge in [0.05, 0.1) is 5.92 Å². The molecule has 2 aromatic rings. The van der Waals surface area contributed by atoms with Crippen LogP contribution in [0.2, 0.25) is 0 Å². The molecular weight excluding hydrogens is 250 g/mol. The minimum Gasteiger partial charge on any atom is -0.293 e. The van der Waals surface area contributed by atoms with Gasteiger partial charge in [0, 0.05) is 23.5 Å². The minimum atomic E-state index is -0.555. The van der Waals surface area contributed by atoms with Gasteiger partial charge in [-0.05, 0) is 37.0 Å². The first kappa shape index (κ1) is 12.7. The van der Waals surface area contributed by atoms with Crippen molar-refractivity contribution < 1.29 is 9.59 Å². The number of Topliss-reactive ketones (excluding diaryl/α,β-unsaturated/α-hetero) is 2. The first-order valence-corrected chi connectivity index (χ1v) is 6.84. The molecule has 1 aliphatic rings. The molecule has 1 aromatic heterocycles. The van der Waals surface area contributed by atoms with Crippen LogP contribution in [0.25, 0.3) is 0 Å². The summed E-state index contributed by atoms with van der Waals surface area (Å²) < 4.78 is 0. The predicted octanol–water partition coefficient (Wildman–Crippen LogP) is 3.10. The Labute approximate surface area is 117 Å². The number of aryl methyl sites for hydroxylation is 1. The number of benzene rings is 1. The Morgan fingerprint density at radius 3 is 2.65 bits per heavy atom. The minimum absolute atomic E-state index is 0.0417. The fourth-order valence-electron chi connectivity index (χ4n) is 2.76. The van der Waals surface area contributed by atoms with E-state index in [1.54, 1.807) is 24.5 Å². The fourth-order valence-corrected chi connectivity index (χ4v) is 2.76. The molecule has 20 heavy (non-hydrogen) atoms. The summed E-state index contributed by atoms with van der Waals surface area (Å²) in [6.45, 7) is 0. The van der Waals surface area contributed by atoms with Crippen molar-refractivity contribution >= 4 is 11.6 Å². The average Bonchev–Trinajstić information content (AvgIpc) is 2.67. The molecule has 0 bridgehead atoms. The van der Waals surface area contributed by atoms with Crippen LogP contribution in [-0.2, 0) is 6.42 Å². The SMILES string of the molecule is O=C(c1ccncc1)C1CCCc2ccccc2C1=O. The molecule has 0 saturated heterocycles. The van der Waals surface area contributed by atoms with E-state index in [0.29, 0.717) is 17.5 Å². The van der Waals surface area contributed by atoms with Crippen molar-refractivity contribution in [1.82, 2.24) is 4.98 Å². The Kier molecular flexibility index (Phi) is 3.42. The number of fused-ring (bicyclic) bond motifs is 1. The van der Waals surface area contributed by atoms with Gasteiger partial charge in [0.15, 0.2) is 11.6 Å². The molecule has 0 saturated carbocycles. The topological polar surface area (TPSA) is 47.0 Å². The van der Waals surface area contributed by atoms with Crippen LogP contribution in [0.3, 0.4) is 0 Å². The van der Waals surface area contributed by atoms with Gasteiger partial charge < -0.3 is 0 Å². The molecule has 1 unspecified atom stereocenters.